The van der Waals surface area contributed by atoms with Crippen molar-refractivity contribution in [2.45, 2.75) is 284 Å². The number of hydrogen-bond donors (Lipinski definition) is 0. The summed E-state index contributed by atoms with van der Waals surface area (Å²) in [6.07, 6.45) is 70.3. The number of hydrogen-bond acceptors (Lipinski definition) is 6. The first-order valence-corrected chi connectivity index (χ1v) is 28.5. The average molecular weight is 936 g/mol. The molecule has 0 spiro atoms. The van der Waals surface area contributed by atoms with Crippen molar-refractivity contribution in [2.24, 2.45) is 0 Å². The first-order chi connectivity index (χ1) is 33.0. The Morgan fingerprint density at radius 2 is 0.627 bits per heavy atom. The summed E-state index contributed by atoms with van der Waals surface area (Å²) < 4.78 is 16.8. The van der Waals surface area contributed by atoms with Crippen molar-refractivity contribution in [3.05, 3.63) is 72.9 Å². The maximum atomic E-state index is 12.8. The van der Waals surface area contributed by atoms with Crippen LogP contribution in [0.2, 0.25) is 0 Å². The molecule has 0 amide bonds. The Labute approximate surface area is 414 Å². The van der Waals surface area contributed by atoms with Crippen molar-refractivity contribution in [1.29, 1.82) is 0 Å². The highest BCUT2D eigenvalue weighted by Gasteiger charge is 2.19. The standard InChI is InChI=1S/C61H106O6/c1-4-7-10-13-16-19-22-25-28-30-31-32-34-36-39-42-45-48-51-54-60(63)66-57-58(56-65-59(62)53-50-47-44-41-38-35-27-24-21-18-15-12-9-6-3)67-61(64)55-52-49-46-43-40-37-33-29-26-23-20-17-14-11-8-5-2/h8,11,16-17,19-20,22,25-26,29,35,38,58H,4-7,9-10,12-15,18,21,23-24,27-28,30-34,36-37,39-57H2,1-3H3/b11-8-,19-16-,20-17-,25-22-,29-26-,38-35-. The fourth-order valence-corrected chi connectivity index (χ4v) is 7.91. The molecule has 0 aromatic heterocycles. The van der Waals surface area contributed by atoms with E-state index in [1.54, 1.807) is 0 Å². The minimum Gasteiger partial charge on any atom is -0.462 e. The van der Waals surface area contributed by atoms with Gasteiger partial charge in [-0.1, -0.05) is 229 Å². The molecule has 6 heteroatoms. The number of carbonyl (C=O) groups excluding carboxylic acids is 3. The number of unbranched alkanes of at least 4 members (excludes halogenated alkanes) is 29. The SMILES string of the molecule is CC/C=C\C/C=C\C/C=C\CCCCCCCCC(=O)OC(COC(=O)CCCCC/C=C\CCCCCCCCC)COC(=O)CCCCCCCCCCCC/C=C\C=C/CCCCC. The summed E-state index contributed by atoms with van der Waals surface area (Å²) in [6, 6.07) is 0. The van der Waals surface area contributed by atoms with Gasteiger partial charge in [0.05, 0.1) is 0 Å². The van der Waals surface area contributed by atoms with Gasteiger partial charge in [0, 0.05) is 19.3 Å². The lowest BCUT2D eigenvalue weighted by Gasteiger charge is -2.18. The van der Waals surface area contributed by atoms with E-state index in [-0.39, 0.29) is 31.1 Å². The predicted octanol–water partition coefficient (Wildman–Crippen LogP) is 19.0. The Morgan fingerprint density at radius 1 is 0.328 bits per heavy atom. The molecule has 1 unspecified atom stereocenters. The lowest BCUT2D eigenvalue weighted by molar-refractivity contribution is -0.167. The maximum absolute atomic E-state index is 12.8. The second-order valence-corrected chi connectivity index (χ2v) is 18.8. The molecule has 0 aliphatic carbocycles. The average Bonchev–Trinajstić information content (AvgIpc) is 3.33. The molecule has 0 saturated carbocycles. The lowest BCUT2D eigenvalue weighted by atomic mass is 10.1. The summed E-state index contributed by atoms with van der Waals surface area (Å²) in [6.45, 7) is 6.49. The minimum absolute atomic E-state index is 0.0868. The second-order valence-electron chi connectivity index (χ2n) is 18.8. The molecule has 386 valence electrons. The molecule has 67 heavy (non-hydrogen) atoms. The van der Waals surface area contributed by atoms with Gasteiger partial charge in [-0.25, -0.2) is 0 Å². The molecule has 1 atom stereocenters. The van der Waals surface area contributed by atoms with Gasteiger partial charge in [0.1, 0.15) is 13.2 Å². The molecule has 0 aliphatic rings. The van der Waals surface area contributed by atoms with E-state index in [0.29, 0.717) is 19.3 Å². The number of rotatable bonds is 51. The van der Waals surface area contributed by atoms with Crippen LogP contribution in [0.3, 0.4) is 0 Å². The van der Waals surface area contributed by atoms with Gasteiger partial charge in [-0.2, -0.15) is 0 Å². The smallest absolute Gasteiger partial charge is 0.306 e. The number of carbonyl (C=O) groups is 3. The van der Waals surface area contributed by atoms with Crippen molar-refractivity contribution >= 4 is 17.9 Å². The molecule has 0 heterocycles. The summed E-state index contributed by atoms with van der Waals surface area (Å²) in [5.41, 5.74) is 0. The van der Waals surface area contributed by atoms with Crippen LogP contribution in [0.25, 0.3) is 0 Å². The fourth-order valence-electron chi connectivity index (χ4n) is 7.91. The quantitative estimate of drug-likeness (QED) is 0.0199. The van der Waals surface area contributed by atoms with Crippen molar-refractivity contribution in [3.63, 3.8) is 0 Å². The van der Waals surface area contributed by atoms with E-state index in [1.807, 2.05) is 0 Å². The zero-order valence-corrected chi connectivity index (χ0v) is 44.2. The van der Waals surface area contributed by atoms with Crippen LogP contribution in [-0.4, -0.2) is 37.2 Å². The molecule has 0 saturated heterocycles. The number of allylic oxidation sites excluding steroid dienone is 12. The van der Waals surface area contributed by atoms with Crippen LogP contribution in [0, 0.1) is 0 Å². The molecule has 0 bridgehead atoms. The first kappa shape index (κ1) is 63.8. The van der Waals surface area contributed by atoms with Gasteiger partial charge in [0.15, 0.2) is 6.10 Å². The summed E-state index contributed by atoms with van der Waals surface area (Å²) >= 11 is 0. The van der Waals surface area contributed by atoms with Gasteiger partial charge >= 0.3 is 17.9 Å². The third kappa shape index (κ3) is 53.7. The van der Waals surface area contributed by atoms with Gasteiger partial charge in [-0.15, -0.1) is 0 Å². The number of esters is 3. The van der Waals surface area contributed by atoms with Crippen LogP contribution in [0.15, 0.2) is 72.9 Å². The van der Waals surface area contributed by atoms with Gasteiger partial charge in [-0.05, 0) is 103 Å². The highest BCUT2D eigenvalue weighted by atomic mass is 16.6. The Kier molecular flexibility index (Phi) is 52.8. The Morgan fingerprint density at radius 3 is 1.06 bits per heavy atom. The van der Waals surface area contributed by atoms with E-state index in [9.17, 15) is 14.4 Å². The Bertz CT molecular complexity index is 1260. The van der Waals surface area contributed by atoms with Crippen LogP contribution >= 0.6 is 0 Å². The minimum atomic E-state index is -0.790. The zero-order chi connectivity index (χ0) is 48.6. The first-order valence-electron chi connectivity index (χ1n) is 28.5. The summed E-state index contributed by atoms with van der Waals surface area (Å²) in [4.78, 5) is 38.1. The lowest BCUT2D eigenvalue weighted by Crippen LogP contribution is -2.30. The normalized spacial score (nSPS) is 12.6. The maximum Gasteiger partial charge on any atom is 0.306 e. The Hall–Kier alpha value is -3.15. The summed E-state index contributed by atoms with van der Waals surface area (Å²) in [5.74, 6) is -0.912. The van der Waals surface area contributed by atoms with Crippen molar-refractivity contribution in [1.82, 2.24) is 0 Å². The molecule has 0 aromatic carbocycles. The Balaban J connectivity index is 4.40. The van der Waals surface area contributed by atoms with Gasteiger partial charge < -0.3 is 14.2 Å². The monoisotopic (exact) mass is 935 g/mol. The van der Waals surface area contributed by atoms with E-state index < -0.39 is 6.10 Å². The van der Waals surface area contributed by atoms with Crippen molar-refractivity contribution < 1.29 is 28.6 Å². The topological polar surface area (TPSA) is 78.9 Å². The van der Waals surface area contributed by atoms with Crippen LogP contribution in [0.4, 0.5) is 0 Å². The molecular weight excluding hydrogens is 829 g/mol. The molecule has 0 aromatic rings. The third-order valence-corrected chi connectivity index (χ3v) is 12.2. The van der Waals surface area contributed by atoms with Crippen LogP contribution in [0.1, 0.15) is 278 Å². The van der Waals surface area contributed by atoms with Crippen LogP contribution < -0.4 is 0 Å². The highest BCUT2D eigenvalue weighted by molar-refractivity contribution is 5.71. The molecule has 0 aliphatic heterocycles. The molecule has 0 rings (SSSR count). The fraction of sp³-hybridized carbons (Fsp3) is 0.754. The van der Waals surface area contributed by atoms with Crippen molar-refractivity contribution in [2.75, 3.05) is 13.2 Å². The largest absolute Gasteiger partial charge is 0.462 e. The predicted molar refractivity (Wildman–Crippen MR) is 288 cm³/mol. The molecule has 0 fully saturated rings. The highest BCUT2D eigenvalue weighted by Crippen LogP contribution is 2.15. The zero-order valence-electron chi connectivity index (χ0n) is 44.2. The van der Waals surface area contributed by atoms with E-state index >= 15 is 0 Å². The van der Waals surface area contributed by atoms with Gasteiger partial charge in [0.2, 0.25) is 0 Å². The van der Waals surface area contributed by atoms with Crippen LogP contribution in [0.5, 0.6) is 0 Å². The van der Waals surface area contributed by atoms with Gasteiger partial charge in [0.25, 0.3) is 0 Å². The molecular formula is C61H106O6. The van der Waals surface area contributed by atoms with Gasteiger partial charge in [-0.3, -0.25) is 14.4 Å². The summed E-state index contributed by atoms with van der Waals surface area (Å²) in [5, 5.41) is 0. The molecule has 0 N–H and O–H groups in total. The third-order valence-electron chi connectivity index (χ3n) is 12.2. The van der Waals surface area contributed by atoms with E-state index in [0.717, 1.165) is 103 Å². The molecule has 6 nitrogen and oxygen atoms in total. The second kappa shape index (κ2) is 55.4. The summed E-state index contributed by atoms with van der Waals surface area (Å²) in [7, 11) is 0. The van der Waals surface area contributed by atoms with E-state index in [4.69, 9.17) is 14.2 Å². The number of ether oxygens (including phenoxy) is 3. The van der Waals surface area contributed by atoms with Crippen LogP contribution in [-0.2, 0) is 28.6 Å². The molecule has 0 radical (unpaired) electrons. The van der Waals surface area contributed by atoms with Crippen molar-refractivity contribution in [3.8, 4) is 0 Å². The van der Waals surface area contributed by atoms with E-state index in [2.05, 4.69) is 93.7 Å². The van der Waals surface area contributed by atoms with E-state index in [1.165, 1.54) is 135 Å².